The zero-order valence-corrected chi connectivity index (χ0v) is 11.5. The highest BCUT2D eigenvalue weighted by atomic mass is 32.2. The van der Waals surface area contributed by atoms with Crippen LogP contribution in [0.5, 0.6) is 0 Å². The van der Waals surface area contributed by atoms with Crippen molar-refractivity contribution in [2.24, 2.45) is 0 Å². The molecular weight excluding hydrogens is 281 g/mol. The summed E-state index contributed by atoms with van der Waals surface area (Å²) in [5.41, 5.74) is 2.44. The highest BCUT2D eigenvalue weighted by Gasteiger charge is 2.30. The van der Waals surface area contributed by atoms with Gasteiger partial charge in [0.15, 0.2) is 0 Å². The molecule has 3 rings (SSSR count). The summed E-state index contributed by atoms with van der Waals surface area (Å²) in [7, 11) is 0. The molecule has 1 atom stereocenters. The van der Waals surface area contributed by atoms with Crippen LogP contribution in [0.3, 0.4) is 0 Å². The number of halogens is 3. The van der Waals surface area contributed by atoms with E-state index in [0.717, 1.165) is 34.9 Å². The average molecular weight is 294 g/mol. The molecule has 0 nitrogen and oxygen atoms in total. The molecule has 1 heterocycles. The molecule has 0 spiro atoms. The van der Waals surface area contributed by atoms with E-state index in [1.165, 1.54) is 23.4 Å². The normalized spacial score (nSPS) is 18.1. The van der Waals surface area contributed by atoms with Crippen molar-refractivity contribution >= 4 is 11.8 Å². The Hall–Kier alpha value is -1.42. The van der Waals surface area contributed by atoms with E-state index in [1.54, 1.807) is 0 Å². The van der Waals surface area contributed by atoms with Crippen molar-refractivity contribution in [2.45, 2.75) is 17.8 Å². The van der Waals surface area contributed by atoms with Crippen molar-refractivity contribution in [3.8, 4) is 11.1 Å². The number of hydrogen-bond acceptors (Lipinski definition) is 1. The third-order valence-electron chi connectivity index (χ3n) is 3.34. The third-order valence-corrected chi connectivity index (χ3v) is 4.31. The summed E-state index contributed by atoms with van der Waals surface area (Å²) in [6.45, 7) is 0. The van der Waals surface area contributed by atoms with Gasteiger partial charge < -0.3 is 0 Å². The van der Waals surface area contributed by atoms with E-state index in [-0.39, 0.29) is 0 Å². The van der Waals surface area contributed by atoms with Gasteiger partial charge in [-0.2, -0.15) is 24.9 Å². The van der Waals surface area contributed by atoms with Crippen LogP contribution < -0.4 is 0 Å². The fraction of sp³-hybridized carbons (Fsp3) is 0.250. The van der Waals surface area contributed by atoms with Gasteiger partial charge in [0.25, 0.3) is 0 Å². The molecule has 104 valence electrons. The lowest BCUT2D eigenvalue weighted by molar-refractivity contribution is -0.137. The molecule has 1 aliphatic heterocycles. The van der Waals surface area contributed by atoms with E-state index in [0.29, 0.717) is 0 Å². The van der Waals surface area contributed by atoms with Gasteiger partial charge in [0.05, 0.1) is 5.56 Å². The summed E-state index contributed by atoms with van der Waals surface area (Å²) in [4.78, 5) is 0. The highest BCUT2D eigenvalue weighted by molar-refractivity contribution is 8.06. The Morgan fingerprint density at radius 2 is 1.70 bits per heavy atom. The number of benzene rings is 2. The van der Waals surface area contributed by atoms with E-state index in [2.05, 4.69) is 12.1 Å². The van der Waals surface area contributed by atoms with E-state index in [4.69, 9.17) is 0 Å². The van der Waals surface area contributed by atoms with Crippen LogP contribution in [0.2, 0.25) is 0 Å². The van der Waals surface area contributed by atoms with E-state index >= 15 is 0 Å². The number of rotatable bonds is 3. The van der Waals surface area contributed by atoms with Gasteiger partial charge in [-0.1, -0.05) is 36.4 Å². The first kappa shape index (κ1) is 13.6. The van der Waals surface area contributed by atoms with Crippen molar-refractivity contribution in [1.29, 1.82) is 0 Å². The Morgan fingerprint density at radius 1 is 1.00 bits per heavy atom. The maximum Gasteiger partial charge on any atom is 0.416 e. The minimum Gasteiger partial charge on any atom is -0.166 e. The van der Waals surface area contributed by atoms with Crippen molar-refractivity contribution in [1.82, 2.24) is 0 Å². The van der Waals surface area contributed by atoms with Gasteiger partial charge in [-0.3, -0.25) is 0 Å². The molecule has 0 aliphatic carbocycles. The fourth-order valence-corrected chi connectivity index (χ4v) is 2.74. The van der Waals surface area contributed by atoms with Gasteiger partial charge in [0, 0.05) is 11.0 Å². The van der Waals surface area contributed by atoms with Crippen LogP contribution in [-0.4, -0.2) is 11.0 Å². The molecule has 0 bridgehead atoms. The minimum absolute atomic E-state index is 0.605. The van der Waals surface area contributed by atoms with Crippen LogP contribution >= 0.6 is 11.8 Å². The van der Waals surface area contributed by atoms with Gasteiger partial charge in [-0.15, -0.1) is 0 Å². The predicted molar refractivity (Wildman–Crippen MR) is 76.8 cm³/mol. The number of alkyl halides is 3. The van der Waals surface area contributed by atoms with Crippen molar-refractivity contribution in [3.63, 3.8) is 0 Å². The Kier molecular flexibility index (Phi) is 3.50. The van der Waals surface area contributed by atoms with Crippen LogP contribution in [0.15, 0.2) is 48.5 Å². The summed E-state index contributed by atoms with van der Waals surface area (Å²) in [6, 6.07) is 13.4. The van der Waals surface area contributed by atoms with Crippen molar-refractivity contribution < 1.29 is 13.2 Å². The third kappa shape index (κ3) is 3.18. The number of hydrogen-bond donors (Lipinski definition) is 0. The molecule has 1 saturated heterocycles. The molecule has 0 saturated carbocycles. The largest absolute Gasteiger partial charge is 0.416 e. The molecule has 1 unspecified atom stereocenters. The molecule has 2 aromatic carbocycles. The second kappa shape index (κ2) is 5.17. The Morgan fingerprint density at radius 3 is 2.30 bits per heavy atom. The summed E-state index contributed by atoms with van der Waals surface area (Å²) in [5, 5.41) is 0.720. The second-order valence-electron chi connectivity index (χ2n) is 4.93. The maximum atomic E-state index is 12.5. The Bertz CT molecular complexity index is 598. The lowest BCUT2D eigenvalue weighted by atomic mass is 10.00. The van der Waals surface area contributed by atoms with Crippen LogP contribution in [0.4, 0.5) is 13.2 Å². The first-order valence-electron chi connectivity index (χ1n) is 6.40. The monoisotopic (exact) mass is 294 g/mol. The first-order chi connectivity index (χ1) is 9.52. The maximum absolute atomic E-state index is 12.5. The second-order valence-corrected chi connectivity index (χ2v) is 6.27. The lowest BCUT2D eigenvalue weighted by Gasteiger charge is -2.08. The van der Waals surface area contributed by atoms with Crippen molar-refractivity contribution in [3.05, 3.63) is 59.7 Å². The zero-order valence-electron chi connectivity index (χ0n) is 10.7. The van der Waals surface area contributed by atoms with Gasteiger partial charge in [0.1, 0.15) is 0 Å². The molecular formula is C16H13F3S. The van der Waals surface area contributed by atoms with E-state index in [9.17, 15) is 13.2 Å². The average Bonchev–Trinajstić information content (AvgIpc) is 3.22. The van der Waals surface area contributed by atoms with E-state index in [1.807, 2.05) is 23.9 Å². The van der Waals surface area contributed by atoms with E-state index < -0.39 is 11.7 Å². The van der Waals surface area contributed by atoms with Gasteiger partial charge >= 0.3 is 6.18 Å². The van der Waals surface area contributed by atoms with Crippen LogP contribution in [-0.2, 0) is 12.6 Å². The Balaban J connectivity index is 1.84. The molecule has 0 aromatic heterocycles. The summed E-state index contributed by atoms with van der Waals surface area (Å²) in [6.07, 6.45) is -3.23. The molecule has 1 aliphatic rings. The first-order valence-corrected chi connectivity index (χ1v) is 7.45. The summed E-state index contributed by atoms with van der Waals surface area (Å²) in [5.74, 6) is 1.21. The van der Waals surface area contributed by atoms with Crippen molar-refractivity contribution in [2.75, 3.05) is 5.75 Å². The van der Waals surface area contributed by atoms with Crippen LogP contribution in [0.1, 0.15) is 11.1 Å². The smallest absolute Gasteiger partial charge is 0.166 e. The lowest BCUT2D eigenvalue weighted by Crippen LogP contribution is -2.04. The minimum atomic E-state index is -4.27. The SMILES string of the molecule is FC(F)(F)c1ccc(-c2cccc(CC3CS3)c2)cc1. The van der Waals surface area contributed by atoms with Crippen LogP contribution in [0.25, 0.3) is 11.1 Å². The standard InChI is InChI=1S/C16H13F3S/c17-16(18,19)14-6-4-12(5-7-14)13-3-1-2-11(8-13)9-15-10-20-15/h1-8,15H,9-10H2. The van der Waals surface area contributed by atoms with Gasteiger partial charge in [-0.25, -0.2) is 0 Å². The quantitative estimate of drug-likeness (QED) is 0.715. The zero-order chi connectivity index (χ0) is 14.2. The molecule has 0 radical (unpaired) electrons. The molecule has 0 N–H and O–H groups in total. The molecule has 2 aromatic rings. The summed E-state index contributed by atoms with van der Waals surface area (Å²) < 4.78 is 37.6. The molecule has 20 heavy (non-hydrogen) atoms. The van der Waals surface area contributed by atoms with Gasteiger partial charge in [0.2, 0.25) is 0 Å². The number of thioether (sulfide) groups is 1. The van der Waals surface area contributed by atoms with Crippen LogP contribution in [0, 0.1) is 0 Å². The topological polar surface area (TPSA) is 0 Å². The molecule has 0 amide bonds. The Labute approximate surface area is 120 Å². The van der Waals surface area contributed by atoms with Gasteiger partial charge in [-0.05, 0) is 35.2 Å². The molecule has 1 fully saturated rings. The predicted octanol–water partition coefficient (Wildman–Crippen LogP) is 5.03. The fourth-order valence-electron chi connectivity index (χ4n) is 2.18. The highest BCUT2D eigenvalue weighted by Crippen LogP contribution is 2.34. The summed E-state index contributed by atoms with van der Waals surface area (Å²) >= 11 is 1.94. The molecule has 4 heteroatoms.